The van der Waals surface area contributed by atoms with Crippen LogP contribution in [0.15, 0.2) is 18.2 Å². The van der Waals surface area contributed by atoms with Gasteiger partial charge in [-0.2, -0.15) is 0 Å². The Labute approximate surface area is 123 Å². The van der Waals surface area contributed by atoms with Gasteiger partial charge in [0.2, 0.25) is 0 Å². The van der Waals surface area contributed by atoms with E-state index in [0.29, 0.717) is 6.04 Å². The van der Waals surface area contributed by atoms with Crippen LogP contribution in [0.3, 0.4) is 0 Å². The summed E-state index contributed by atoms with van der Waals surface area (Å²) in [6.07, 6.45) is 2.24. The third-order valence-electron chi connectivity index (χ3n) is 4.03. The Morgan fingerprint density at radius 1 is 1.10 bits per heavy atom. The molecule has 0 bridgehead atoms. The minimum absolute atomic E-state index is 0.189. The molecular formula is C17H29NO2. The predicted octanol–water partition coefficient (Wildman–Crippen LogP) is 4.18. The highest BCUT2D eigenvalue weighted by Gasteiger charge is 2.29. The summed E-state index contributed by atoms with van der Waals surface area (Å²) >= 11 is 0. The van der Waals surface area contributed by atoms with Gasteiger partial charge >= 0.3 is 0 Å². The van der Waals surface area contributed by atoms with Crippen molar-refractivity contribution in [3.05, 3.63) is 23.8 Å². The maximum atomic E-state index is 5.43. The largest absolute Gasteiger partial charge is 0.493 e. The standard InChI is InChI=1S/C17H29NO2/c1-7-11-18-16(17(3,4)8-2)13-9-10-14(19-5)15(12-13)20-6/h9-10,12,16,18H,7-8,11H2,1-6H3. The van der Waals surface area contributed by atoms with Gasteiger partial charge in [-0.15, -0.1) is 0 Å². The van der Waals surface area contributed by atoms with Crippen LogP contribution in [0, 0.1) is 5.41 Å². The molecule has 1 N–H and O–H groups in total. The fourth-order valence-electron chi connectivity index (χ4n) is 2.37. The fourth-order valence-corrected chi connectivity index (χ4v) is 2.37. The lowest BCUT2D eigenvalue weighted by atomic mass is 9.78. The van der Waals surface area contributed by atoms with Crippen LogP contribution >= 0.6 is 0 Å². The van der Waals surface area contributed by atoms with E-state index in [1.165, 1.54) is 5.56 Å². The summed E-state index contributed by atoms with van der Waals surface area (Å²) in [5.74, 6) is 1.57. The average Bonchev–Trinajstić information content (AvgIpc) is 2.47. The van der Waals surface area contributed by atoms with E-state index in [4.69, 9.17) is 9.47 Å². The van der Waals surface area contributed by atoms with Crippen molar-refractivity contribution in [3.63, 3.8) is 0 Å². The maximum Gasteiger partial charge on any atom is 0.161 e. The number of benzene rings is 1. The van der Waals surface area contributed by atoms with Gasteiger partial charge in [0.25, 0.3) is 0 Å². The smallest absolute Gasteiger partial charge is 0.161 e. The van der Waals surface area contributed by atoms with Crippen LogP contribution in [0.4, 0.5) is 0 Å². The number of hydrogen-bond donors (Lipinski definition) is 1. The topological polar surface area (TPSA) is 30.5 Å². The Balaban J connectivity index is 3.13. The van der Waals surface area contributed by atoms with Crippen LogP contribution in [0.5, 0.6) is 11.5 Å². The van der Waals surface area contributed by atoms with Gasteiger partial charge in [0, 0.05) is 6.04 Å². The fraction of sp³-hybridized carbons (Fsp3) is 0.647. The molecule has 0 spiro atoms. The van der Waals surface area contributed by atoms with Crippen molar-refractivity contribution in [2.45, 2.75) is 46.6 Å². The summed E-state index contributed by atoms with van der Waals surface area (Å²) in [7, 11) is 3.35. The molecule has 0 amide bonds. The number of nitrogens with one attached hydrogen (secondary N) is 1. The summed E-state index contributed by atoms with van der Waals surface area (Å²) in [5.41, 5.74) is 1.44. The third-order valence-corrected chi connectivity index (χ3v) is 4.03. The lowest BCUT2D eigenvalue weighted by Gasteiger charge is -2.35. The zero-order valence-electron chi connectivity index (χ0n) is 13.7. The van der Waals surface area contributed by atoms with Gasteiger partial charge in [-0.1, -0.05) is 33.8 Å². The molecule has 114 valence electrons. The first kappa shape index (κ1) is 16.8. The predicted molar refractivity (Wildman–Crippen MR) is 84.7 cm³/mol. The monoisotopic (exact) mass is 279 g/mol. The molecule has 3 nitrogen and oxygen atoms in total. The molecule has 0 aromatic heterocycles. The van der Waals surface area contributed by atoms with Crippen molar-refractivity contribution < 1.29 is 9.47 Å². The summed E-state index contributed by atoms with van der Waals surface area (Å²) in [5, 5.41) is 3.67. The van der Waals surface area contributed by atoms with E-state index in [2.05, 4.69) is 45.1 Å². The number of ether oxygens (including phenoxy) is 2. The molecule has 0 saturated carbocycles. The second kappa shape index (κ2) is 7.53. The number of hydrogen-bond acceptors (Lipinski definition) is 3. The van der Waals surface area contributed by atoms with Gasteiger partial charge in [-0.25, -0.2) is 0 Å². The highest BCUT2D eigenvalue weighted by molar-refractivity contribution is 5.44. The van der Waals surface area contributed by atoms with Gasteiger partial charge in [0.1, 0.15) is 0 Å². The van der Waals surface area contributed by atoms with Crippen molar-refractivity contribution >= 4 is 0 Å². The molecule has 1 unspecified atom stereocenters. The van der Waals surface area contributed by atoms with Crippen LogP contribution in [0.25, 0.3) is 0 Å². The molecule has 0 heterocycles. The highest BCUT2D eigenvalue weighted by Crippen LogP contribution is 2.39. The zero-order chi connectivity index (χ0) is 15.2. The molecule has 0 aliphatic carbocycles. The Morgan fingerprint density at radius 3 is 2.25 bits per heavy atom. The Kier molecular flexibility index (Phi) is 6.34. The molecule has 1 aromatic rings. The van der Waals surface area contributed by atoms with Crippen LogP contribution in [-0.2, 0) is 0 Å². The van der Waals surface area contributed by atoms with Crippen LogP contribution in [0.2, 0.25) is 0 Å². The second-order valence-corrected chi connectivity index (χ2v) is 5.84. The first-order chi connectivity index (χ1) is 9.50. The normalized spacial score (nSPS) is 13.1. The van der Waals surface area contributed by atoms with E-state index in [1.807, 2.05) is 6.07 Å². The van der Waals surface area contributed by atoms with Crippen molar-refractivity contribution in [1.82, 2.24) is 5.32 Å². The maximum absolute atomic E-state index is 5.43. The van der Waals surface area contributed by atoms with Crippen LogP contribution in [-0.4, -0.2) is 20.8 Å². The lowest BCUT2D eigenvalue weighted by molar-refractivity contribution is 0.234. The summed E-state index contributed by atoms with van der Waals surface area (Å²) in [4.78, 5) is 0. The number of rotatable bonds is 8. The van der Waals surface area contributed by atoms with Gasteiger partial charge in [-0.3, -0.25) is 0 Å². The molecule has 3 heteroatoms. The van der Waals surface area contributed by atoms with Gasteiger partial charge in [0.05, 0.1) is 14.2 Å². The van der Waals surface area contributed by atoms with Crippen molar-refractivity contribution in [1.29, 1.82) is 0 Å². The van der Waals surface area contributed by atoms with Gasteiger partial charge in [-0.05, 0) is 42.5 Å². The molecule has 0 saturated heterocycles. The molecule has 1 atom stereocenters. The first-order valence-corrected chi connectivity index (χ1v) is 7.45. The van der Waals surface area contributed by atoms with E-state index in [9.17, 15) is 0 Å². The molecular weight excluding hydrogens is 250 g/mol. The van der Waals surface area contributed by atoms with Gasteiger partial charge < -0.3 is 14.8 Å². The zero-order valence-corrected chi connectivity index (χ0v) is 13.7. The Hall–Kier alpha value is -1.22. The summed E-state index contributed by atoms with van der Waals surface area (Å²) < 4.78 is 10.7. The molecule has 0 radical (unpaired) electrons. The van der Waals surface area contributed by atoms with Crippen LogP contribution in [0.1, 0.15) is 52.1 Å². The average molecular weight is 279 g/mol. The molecule has 1 rings (SSSR count). The summed E-state index contributed by atoms with van der Waals surface area (Å²) in [6, 6.07) is 6.52. The molecule has 20 heavy (non-hydrogen) atoms. The van der Waals surface area contributed by atoms with Crippen molar-refractivity contribution in [2.75, 3.05) is 20.8 Å². The molecule has 0 aliphatic heterocycles. The van der Waals surface area contributed by atoms with E-state index >= 15 is 0 Å². The SMILES string of the molecule is CCCNC(c1ccc(OC)c(OC)c1)C(C)(C)CC. The van der Waals surface area contributed by atoms with Crippen molar-refractivity contribution in [3.8, 4) is 11.5 Å². The van der Waals surface area contributed by atoms with Crippen molar-refractivity contribution in [2.24, 2.45) is 5.41 Å². The lowest BCUT2D eigenvalue weighted by Crippen LogP contribution is -2.34. The van der Waals surface area contributed by atoms with E-state index in [1.54, 1.807) is 14.2 Å². The number of methoxy groups -OCH3 is 2. The quantitative estimate of drug-likeness (QED) is 0.774. The third kappa shape index (κ3) is 3.89. The molecule has 0 fully saturated rings. The minimum atomic E-state index is 0.189. The van der Waals surface area contributed by atoms with E-state index < -0.39 is 0 Å². The summed E-state index contributed by atoms with van der Waals surface area (Å²) in [6.45, 7) is 10.1. The first-order valence-electron chi connectivity index (χ1n) is 7.45. The Morgan fingerprint density at radius 2 is 1.75 bits per heavy atom. The van der Waals surface area contributed by atoms with Crippen LogP contribution < -0.4 is 14.8 Å². The molecule has 0 aliphatic rings. The van der Waals surface area contributed by atoms with E-state index in [0.717, 1.165) is 30.9 Å². The molecule has 1 aromatic carbocycles. The Bertz CT molecular complexity index is 415. The highest BCUT2D eigenvalue weighted by atomic mass is 16.5. The van der Waals surface area contributed by atoms with Gasteiger partial charge in [0.15, 0.2) is 11.5 Å². The second-order valence-electron chi connectivity index (χ2n) is 5.84. The minimum Gasteiger partial charge on any atom is -0.493 e. The van der Waals surface area contributed by atoms with E-state index in [-0.39, 0.29) is 5.41 Å².